The molecular weight excluding hydrogens is 382 g/mol. The second-order valence-electron chi connectivity index (χ2n) is 6.60. The molecule has 1 aromatic heterocycles. The number of benzene rings is 1. The number of sulfonamides is 1. The van der Waals surface area contributed by atoms with Crippen LogP contribution in [0.15, 0.2) is 52.5 Å². The van der Waals surface area contributed by atoms with Crippen molar-refractivity contribution in [2.24, 2.45) is 0 Å². The number of thioether (sulfide) groups is 1. The summed E-state index contributed by atoms with van der Waals surface area (Å²) < 4.78 is 25.4. The average Bonchev–Trinajstić information content (AvgIpc) is 2.67. The van der Waals surface area contributed by atoms with Gasteiger partial charge in [-0.15, -0.1) is 0 Å². The van der Waals surface area contributed by atoms with Gasteiger partial charge in [-0.2, -0.15) is 0 Å². The van der Waals surface area contributed by atoms with Gasteiger partial charge in [0.2, 0.25) is 15.9 Å². The Bertz CT molecular complexity index is 927. The summed E-state index contributed by atoms with van der Waals surface area (Å²) in [6.07, 6.45) is 3.28. The number of anilines is 1. The summed E-state index contributed by atoms with van der Waals surface area (Å²) in [5.41, 5.74) is 2.19. The third-order valence-electron chi connectivity index (χ3n) is 4.51. The van der Waals surface area contributed by atoms with Crippen LogP contribution in [0.5, 0.6) is 0 Å². The van der Waals surface area contributed by atoms with Crippen molar-refractivity contribution in [2.75, 3.05) is 25.5 Å². The lowest BCUT2D eigenvalue weighted by Gasteiger charge is -2.31. The average molecular weight is 406 g/mol. The molecule has 1 aromatic carbocycles. The van der Waals surface area contributed by atoms with Crippen molar-refractivity contribution >= 4 is 33.4 Å². The maximum Gasteiger partial charge on any atom is 0.244 e. The predicted molar refractivity (Wildman–Crippen MR) is 108 cm³/mol. The van der Waals surface area contributed by atoms with Crippen molar-refractivity contribution in [3.8, 4) is 0 Å². The molecule has 0 N–H and O–H groups in total. The van der Waals surface area contributed by atoms with E-state index in [0.29, 0.717) is 11.6 Å². The first-order chi connectivity index (χ1) is 12.8. The Labute approximate surface area is 164 Å². The van der Waals surface area contributed by atoms with Crippen LogP contribution in [0.2, 0.25) is 0 Å². The molecule has 8 heteroatoms. The van der Waals surface area contributed by atoms with E-state index in [2.05, 4.69) is 11.1 Å². The zero-order valence-electron chi connectivity index (χ0n) is 15.6. The van der Waals surface area contributed by atoms with E-state index >= 15 is 0 Å². The number of fused-ring (bicyclic) bond motifs is 1. The maximum atomic E-state index is 13.0. The highest BCUT2D eigenvalue weighted by molar-refractivity contribution is 8.00. The summed E-state index contributed by atoms with van der Waals surface area (Å²) in [7, 11) is -0.540. The number of hydrogen-bond acceptors (Lipinski definition) is 5. The predicted octanol–water partition coefficient (Wildman–Crippen LogP) is 2.79. The molecule has 1 aliphatic rings. The lowest BCUT2D eigenvalue weighted by Crippen LogP contribution is -2.40. The van der Waals surface area contributed by atoms with Gasteiger partial charge in [0.05, 0.1) is 10.3 Å². The molecule has 1 amide bonds. The number of carbonyl (C=O) groups is 1. The number of aromatic nitrogens is 1. The normalized spacial score (nSPS) is 15.5. The molecule has 0 aliphatic carbocycles. The van der Waals surface area contributed by atoms with Crippen LogP contribution in [0.1, 0.15) is 18.9 Å². The van der Waals surface area contributed by atoms with Crippen molar-refractivity contribution in [2.45, 2.75) is 34.9 Å². The molecule has 2 aromatic rings. The maximum absolute atomic E-state index is 13.0. The minimum atomic E-state index is -3.50. The van der Waals surface area contributed by atoms with Gasteiger partial charge in [0, 0.05) is 32.5 Å². The zero-order valence-corrected chi connectivity index (χ0v) is 17.3. The summed E-state index contributed by atoms with van der Waals surface area (Å²) in [5, 5.41) is 0.304. The molecule has 1 atom stereocenters. The van der Waals surface area contributed by atoms with Gasteiger partial charge in [-0.25, -0.2) is 17.7 Å². The van der Waals surface area contributed by atoms with E-state index in [4.69, 9.17) is 0 Å². The summed E-state index contributed by atoms with van der Waals surface area (Å²) in [6, 6.07) is 11.2. The molecule has 0 unspecified atom stereocenters. The molecular formula is C19H23N3O3S2. The fourth-order valence-electron chi connectivity index (χ4n) is 3.01. The molecule has 1 aliphatic heterocycles. The van der Waals surface area contributed by atoms with Crippen molar-refractivity contribution in [3.63, 3.8) is 0 Å². The Morgan fingerprint density at radius 2 is 1.96 bits per heavy atom. The summed E-state index contributed by atoms with van der Waals surface area (Å²) in [5.74, 6) is 0.0407. The number of pyridine rings is 1. The van der Waals surface area contributed by atoms with Crippen LogP contribution in [-0.2, 0) is 21.2 Å². The van der Waals surface area contributed by atoms with Gasteiger partial charge in [0.15, 0.2) is 0 Å². The molecule has 144 valence electrons. The third-order valence-corrected chi connectivity index (χ3v) is 7.35. The van der Waals surface area contributed by atoms with Gasteiger partial charge in [-0.05, 0) is 43.5 Å². The smallest absolute Gasteiger partial charge is 0.244 e. The van der Waals surface area contributed by atoms with Gasteiger partial charge in [-0.3, -0.25) is 4.79 Å². The molecule has 0 radical (unpaired) electrons. The Hall–Kier alpha value is -1.90. The van der Waals surface area contributed by atoms with Gasteiger partial charge < -0.3 is 4.90 Å². The van der Waals surface area contributed by atoms with Crippen molar-refractivity contribution in [1.82, 2.24) is 9.29 Å². The van der Waals surface area contributed by atoms with Crippen LogP contribution in [-0.4, -0.2) is 49.5 Å². The number of amides is 1. The second-order valence-corrected chi connectivity index (χ2v) is 10.1. The number of rotatable bonds is 5. The molecule has 0 saturated carbocycles. The Morgan fingerprint density at radius 3 is 2.63 bits per heavy atom. The van der Waals surface area contributed by atoms with Crippen LogP contribution in [0.4, 0.5) is 5.69 Å². The van der Waals surface area contributed by atoms with Crippen molar-refractivity contribution in [1.29, 1.82) is 0 Å². The van der Waals surface area contributed by atoms with Crippen molar-refractivity contribution in [3.05, 3.63) is 48.2 Å². The summed E-state index contributed by atoms with van der Waals surface area (Å²) >= 11 is 1.34. The molecule has 27 heavy (non-hydrogen) atoms. The van der Waals surface area contributed by atoms with Crippen LogP contribution in [0.3, 0.4) is 0 Å². The molecule has 0 fully saturated rings. The van der Waals surface area contributed by atoms with E-state index in [1.54, 1.807) is 6.07 Å². The van der Waals surface area contributed by atoms with Gasteiger partial charge >= 0.3 is 0 Å². The first-order valence-corrected chi connectivity index (χ1v) is 11.1. The largest absolute Gasteiger partial charge is 0.311 e. The lowest BCUT2D eigenvalue weighted by atomic mass is 10.0. The van der Waals surface area contributed by atoms with E-state index in [0.717, 1.165) is 22.8 Å². The Balaban J connectivity index is 1.73. The highest BCUT2D eigenvalue weighted by atomic mass is 32.2. The molecule has 0 saturated heterocycles. The Kier molecular flexibility index (Phi) is 5.88. The number of hydrogen-bond donors (Lipinski definition) is 0. The quantitative estimate of drug-likeness (QED) is 0.716. The number of aryl methyl sites for hydroxylation is 1. The first-order valence-electron chi connectivity index (χ1n) is 8.75. The summed E-state index contributed by atoms with van der Waals surface area (Å²) in [4.78, 5) is 19.2. The van der Waals surface area contributed by atoms with Crippen LogP contribution < -0.4 is 4.90 Å². The molecule has 6 nitrogen and oxygen atoms in total. The number of para-hydroxylation sites is 1. The van der Waals surface area contributed by atoms with E-state index in [9.17, 15) is 13.2 Å². The fourth-order valence-corrected chi connectivity index (χ4v) is 4.71. The topological polar surface area (TPSA) is 70.6 Å². The van der Waals surface area contributed by atoms with Crippen LogP contribution >= 0.6 is 11.8 Å². The minimum Gasteiger partial charge on any atom is -0.311 e. The van der Waals surface area contributed by atoms with Gasteiger partial charge in [0.1, 0.15) is 4.90 Å². The van der Waals surface area contributed by atoms with Crippen molar-refractivity contribution < 1.29 is 13.2 Å². The SMILES string of the molecule is C[C@H](Sc1ccc(S(=O)(=O)N(C)C)cn1)C(=O)N1CCCc2ccccc21. The molecule has 0 spiro atoms. The third kappa shape index (κ3) is 4.17. The van der Waals surface area contributed by atoms with Crippen LogP contribution in [0, 0.1) is 0 Å². The zero-order chi connectivity index (χ0) is 19.6. The highest BCUT2D eigenvalue weighted by Gasteiger charge is 2.27. The van der Waals surface area contributed by atoms with E-state index in [1.807, 2.05) is 30.0 Å². The molecule has 2 heterocycles. The lowest BCUT2D eigenvalue weighted by molar-refractivity contribution is -0.117. The fraction of sp³-hybridized carbons (Fsp3) is 0.368. The van der Waals surface area contributed by atoms with Crippen LogP contribution in [0.25, 0.3) is 0 Å². The van der Waals surface area contributed by atoms with E-state index in [-0.39, 0.29) is 16.1 Å². The Morgan fingerprint density at radius 1 is 1.22 bits per heavy atom. The standard InChI is InChI=1S/C19H23N3O3S2/c1-14(19(23)22-12-6-8-15-7-4-5-9-17(15)22)26-18-11-10-16(13-20-18)27(24,25)21(2)3/h4-5,7,9-11,13-14H,6,8,12H2,1-3H3/t14-/m0/s1. The monoisotopic (exact) mass is 405 g/mol. The summed E-state index contributed by atoms with van der Waals surface area (Å²) in [6.45, 7) is 2.57. The molecule has 0 bridgehead atoms. The van der Waals surface area contributed by atoms with Gasteiger partial charge in [-0.1, -0.05) is 30.0 Å². The number of carbonyl (C=O) groups excluding carboxylic acids is 1. The first kappa shape index (κ1) is 19.9. The number of nitrogens with zero attached hydrogens (tertiary/aromatic N) is 3. The van der Waals surface area contributed by atoms with Gasteiger partial charge in [0.25, 0.3) is 0 Å². The molecule has 3 rings (SSSR count). The highest BCUT2D eigenvalue weighted by Crippen LogP contribution is 2.30. The minimum absolute atomic E-state index is 0.0407. The van der Waals surface area contributed by atoms with E-state index < -0.39 is 10.0 Å². The van der Waals surface area contributed by atoms with E-state index in [1.165, 1.54) is 43.7 Å². The second kappa shape index (κ2) is 8.00.